The zero-order valence-corrected chi connectivity index (χ0v) is 16.4. The highest BCUT2D eigenvalue weighted by molar-refractivity contribution is 7.88. The molecule has 0 unspecified atom stereocenters. The molecule has 0 aromatic heterocycles. The number of piperazine rings is 1. The Morgan fingerprint density at radius 2 is 1.78 bits per heavy atom. The third-order valence-corrected chi connectivity index (χ3v) is 6.11. The van der Waals surface area contributed by atoms with E-state index in [2.05, 4.69) is 9.62 Å². The van der Waals surface area contributed by atoms with Gasteiger partial charge in [0.25, 0.3) is 0 Å². The van der Waals surface area contributed by atoms with Crippen LogP contribution < -0.4 is 9.62 Å². The molecule has 1 aliphatic heterocycles. The molecular weight excluding hydrogens is 365 g/mol. The summed E-state index contributed by atoms with van der Waals surface area (Å²) < 4.78 is 41.1. The van der Waals surface area contributed by atoms with E-state index in [4.69, 9.17) is 0 Å². The van der Waals surface area contributed by atoms with Gasteiger partial charge in [-0.15, -0.1) is 0 Å². The van der Waals surface area contributed by atoms with Crippen LogP contribution in [0.5, 0.6) is 0 Å². The number of hydrogen-bond donors (Lipinski definition) is 1. The fourth-order valence-electron chi connectivity index (χ4n) is 3.35. The summed E-state index contributed by atoms with van der Waals surface area (Å²) in [7, 11) is -3.35. The summed E-state index contributed by atoms with van der Waals surface area (Å²) in [6.45, 7) is 6.02. The number of aryl methyl sites for hydroxylation is 1. The van der Waals surface area contributed by atoms with Crippen molar-refractivity contribution in [3.05, 3.63) is 65.5 Å². The molecule has 1 heterocycles. The Hall–Kier alpha value is -1.96. The minimum absolute atomic E-state index is 0.00422. The first-order valence-electron chi connectivity index (χ1n) is 9.18. The van der Waals surface area contributed by atoms with Gasteiger partial charge in [-0.2, -0.15) is 0 Å². The molecule has 0 saturated carbocycles. The molecule has 2 aromatic rings. The summed E-state index contributed by atoms with van der Waals surface area (Å²) in [6.07, 6.45) is 0. The lowest BCUT2D eigenvalue weighted by Gasteiger charge is -2.36. The lowest BCUT2D eigenvalue weighted by atomic mass is 10.2. The Kier molecular flexibility index (Phi) is 6.46. The van der Waals surface area contributed by atoms with Crippen LogP contribution in [0.15, 0.2) is 48.5 Å². The number of benzene rings is 2. The number of sulfonamides is 1. The van der Waals surface area contributed by atoms with E-state index >= 15 is 0 Å². The molecule has 1 fully saturated rings. The number of nitrogens with zero attached hydrogens (tertiary/aromatic N) is 2. The topological polar surface area (TPSA) is 52.7 Å². The fraction of sp³-hybridized carbons (Fsp3) is 0.400. The van der Waals surface area contributed by atoms with E-state index in [-0.39, 0.29) is 11.6 Å². The van der Waals surface area contributed by atoms with Crippen molar-refractivity contribution in [2.45, 2.75) is 12.7 Å². The van der Waals surface area contributed by atoms with E-state index in [1.165, 1.54) is 6.07 Å². The number of nitrogens with one attached hydrogen (secondary N) is 1. The van der Waals surface area contributed by atoms with E-state index in [1.54, 1.807) is 12.1 Å². The first-order chi connectivity index (χ1) is 12.9. The van der Waals surface area contributed by atoms with Crippen LogP contribution in [0.3, 0.4) is 0 Å². The molecule has 0 bridgehead atoms. The summed E-state index contributed by atoms with van der Waals surface area (Å²) in [4.78, 5) is 4.24. The third kappa shape index (κ3) is 5.76. The van der Waals surface area contributed by atoms with Crippen molar-refractivity contribution in [3.63, 3.8) is 0 Å². The van der Waals surface area contributed by atoms with Crippen LogP contribution in [0, 0.1) is 12.7 Å². The van der Waals surface area contributed by atoms with Crippen LogP contribution in [-0.2, 0) is 15.8 Å². The quantitative estimate of drug-likeness (QED) is 0.787. The van der Waals surface area contributed by atoms with E-state index in [9.17, 15) is 12.8 Å². The summed E-state index contributed by atoms with van der Waals surface area (Å²) >= 11 is 0. The molecule has 1 aliphatic rings. The lowest BCUT2D eigenvalue weighted by molar-refractivity contribution is 0.261. The van der Waals surface area contributed by atoms with Gasteiger partial charge in [0.2, 0.25) is 10.0 Å². The molecular formula is C20H26FN3O2S. The van der Waals surface area contributed by atoms with Crippen LogP contribution in [-0.4, -0.2) is 52.6 Å². The van der Waals surface area contributed by atoms with Gasteiger partial charge < -0.3 is 4.90 Å². The maximum absolute atomic E-state index is 13.9. The van der Waals surface area contributed by atoms with Crippen molar-refractivity contribution in [1.29, 1.82) is 0 Å². The van der Waals surface area contributed by atoms with Gasteiger partial charge in [0.15, 0.2) is 0 Å². The second-order valence-corrected chi connectivity index (χ2v) is 8.73. The van der Waals surface area contributed by atoms with Gasteiger partial charge in [-0.05, 0) is 24.6 Å². The Bertz CT molecular complexity index is 865. The fourth-order valence-corrected chi connectivity index (χ4v) is 4.47. The molecule has 2 aromatic carbocycles. The van der Waals surface area contributed by atoms with Crippen molar-refractivity contribution in [2.24, 2.45) is 0 Å². The normalized spacial score (nSPS) is 15.9. The number of anilines is 1. The number of para-hydroxylation sites is 1. The molecule has 0 spiro atoms. The predicted molar refractivity (Wildman–Crippen MR) is 107 cm³/mol. The van der Waals surface area contributed by atoms with Crippen LogP contribution in [0.1, 0.15) is 11.1 Å². The Morgan fingerprint density at radius 1 is 1.04 bits per heavy atom. The van der Waals surface area contributed by atoms with Gasteiger partial charge >= 0.3 is 0 Å². The Labute approximate surface area is 160 Å². The molecule has 0 atom stereocenters. The summed E-state index contributed by atoms with van der Waals surface area (Å²) in [5.41, 5.74) is 2.48. The maximum atomic E-state index is 13.9. The zero-order valence-electron chi connectivity index (χ0n) is 15.6. The average molecular weight is 392 g/mol. The third-order valence-electron chi connectivity index (χ3n) is 4.75. The molecule has 146 valence electrons. The van der Waals surface area contributed by atoms with Gasteiger partial charge in [0.1, 0.15) is 5.82 Å². The Balaban J connectivity index is 1.43. The molecule has 3 rings (SSSR count). The standard InChI is InChI=1S/C20H26FN3O2S/c1-17-5-4-6-18(15-17)16-27(25,26)22-9-10-23-11-13-24(14-12-23)20-8-3-2-7-19(20)21/h2-8,15,22H,9-14,16H2,1H3. The average Bonchev–Trinajstić information content (AvgIpc) is 2.62. The first kappa shape index (κ1) is 19.8. The minimum atomic E-state index is -3.35. The summed E-state index contributed by atoms with van der Waals surface area (Å²) in [5, 5.41) is 0. The smallest absolute Gasteiger partial charge is 0.215 e. The van der Waals surface area contributed by atoms with Crippen molar-refractivity contribution in [3.8, 4) is 0 Å². The molecule has 0 aliphatic carbocycles. The highest BCUT2D eigenvalue weighted by Crippen LogP contribution is 2.20. The van der Waals surface area contributed by atoms with Crippen LogP contribution in [0.4, 0.5) is 10.1 Å². The molecule has 0 radical (unpaired) electrons. The van der Waals surface area contributed by atoms with Gasteiger partial charge in [-0.3, -0.25) is 4.90 Å². The van der Waals surface area contributed by atoms with Crippen molar-refractivity contribution in [1.82, 2.24) is 9.62 Å². The van der Waals surface area contributed by atoms with E-state index in [0.29, 0.717) is 18.8 Å². The van der Waals surface area contributed by atoms with Crippen molar-refractivity contribution in [2.75, 3.05) is 44.2 Å². The van der Waals surface area contributed by atoms with Crippen LogP contribution in [0.25, 0.3) is 0 Å². The monoisotopic (exact) mass is 391 g/mol. The SMILES string of the molecule is Cc1cccc(CS(=O)(=O)NCCN2CCN(c3ccccc3F)CC2)c1. The molecule has 1 saturated heterocycles. The van der Waals surface area contributed by atoms with Gasteiger partial charge in [-0.1, -0.05) is 42.0 Å². The number of rotatable bonds is 7. The minimum Gasteiger partial charge on any atom is -0.367 e. The molecule has 0 amide bonds. The predicted octanol–water partition coefficient (Wildman–Crippen LogP) is 2.38. The van der Waals surface area contributed by atoms with E-state index < -0.39 is 10.0 Å². The second kappa shape index (κ2) is 8.82. The van der Waals surface area contributed by atoms with Gasteiger partial charge in [-0.25, -0.2) is 17.5 Å². The number of halogens is 1. The maximum Gasteiger partial charge on any atom is 0.215 e. The van der Waals surface area contributed by atoms with E-state index in [0.717, 1.165) is 37.3 Å². The Morgan fingerprint density at radius 3 is 2.48 bits per heavy atom. The van der Waals surface area contributed by atoms with E-state index in [1.807, 2.05) is 42.2 Å². The second-order valence-electron chi connectivity index (χ2n) is 6.92. The van der Waals surface area contributed by atoms with Crippen LogP contribution >= 0.6 is 0 Å². The van der Waals surface area contributed by atoms with Crippen LogP contribution in [0.2, 0.25) is 0 Å². The van der Waals surface area contributed by atoms with Crippen molar-refractivity contribution >= 4 is 15.7 Å². The molecule has 7 heteroatoms. The van der Waals surface area contributed by atoms with Crippen molar-refractivity contribution < 1.29 is 12.8 Å². The lowest BCUT2D eigenvalue weighted by Crippen LogP contribution is -2.48. The summed E-state index contributed by atoms with van der Waals surface area (Å²) in [5.74, 6) is -0.203. The summed E-state index contributed by atoms with van der Waals surface area (Å²) in [6, 6.07) is 14.3. The largest absolute Gasteiger partial charge is 0.367 e. The highest BCUT2D eigenvalue weighted by Gasteiger charge is 2.19. The molecule has 5 nitrogen and oxygen atoms in total. The first-order valence-corrected chi connectivity index (χ1v) is 10.8. The molecule has 1 N–H and O–H groups in total. The number of hydrogen-bond acceptors (Lipinski definition) is 4. The zero-order chi connectivity index (χ0) is 19.3. The van der Waals surface area contributed by atoms with Gasteiger partial charge in [0.05, 0.1) is 11.4 Å². The highest BCUT2D eigenvalue weighted by atomic mass is 32.2. The molecule has 27 heavy (non-hydrogen) atoms. The van der Waals surface area contributed by atoms with Gasteiger partial charge in [0, 0.05) is 39.3 Å².